The predicted molar refractivity (Wildman–Crippen MR) is 95.1 cm³/mol. The fraction of sp³-hybridized carbons (Fsp3) is 0.125. The highest BCUT2D eigenvalue weighted by molar-refractivity contribution is 7.94. The summed E-state index contributed by atoms with van der Waals surface area (Å²) >= 11 is 1.08. The fourth-order valence-corrected chi connectivity index (χ4v) is 4.39. The van der Waals surface area contributed by atoms with Gasteiger partial charge in [0.2, 0.25) is 5.91 Å². The molecule has 0 unspecified atom stereocenters. The Morgan fingerprint density at radius 2 is 1.92 bits per heavy atom. The quantitative estimate of drug-likeness (QED) is 0.709. The lowest BCUT2D eigenvalue weighted by Gasteiger charge is -2.06. The van der Waals surface area contributed by atoms with E-state index in [0.717, 1.165) is 22.6 Å². The summed E-state index contributed by atoms with van der Waals surface area (Å²) in [6, 6.07) is 7.42. The van der Waals surface area contributed by atoms with Crippen molar-refractivity contribution in [1.82, 2.24) is 5.16 Å². The molecule has 0 aliphatic carbocycles. The topological polar surface area (TPSA) is 115 Å². The average Bonchev–Trinajstić information content (AvgIpc) is 3.16. The predicted octanol–water partition coefficient (Wildman–Crippen LogP) is 2.92. The summed E-state index contributed by atoms with van der Waals surface area (Å²) in [5.74, 6) is -0.0176. The van der Waals surface area contributed by atoms with Crippen LogP contribution in [0.15, 0.2) is 44.4 Å². The number of anilines is 1. The molecular formula is C16H15N3O4S2. The number of primary amides is 1. The molecule has 1 amide bonds. The van der Waals surface area contributed by atoms with Gasteiger partial charge < -0.3 is 10.3 Å². The van der Waals surface area contributed by atoms with Crippen molar-refractivity contribution in [2.24, 2.45) is 5.73 Å². The van der Waals surface area contributed by atoms with E-state index in [0.29, 0.717) is 22.6 Å². The van der Waals surface area contributed by atoms with Gasteiger partial charge >= 0.3 is 0 Å². The summed E-state index contributed by atoms with van der Waals surface area (Å²) in [6.45, 7) is 3.69. The number of sulfonamides is 1. The van der Waals surface area contributed by atoms with Crippen LogP contribution in [0.5, 0.6) is 0 Å². The van der Waals surface area contributed by atoms with Crippen molar-refractivity contribution in [2.45, 2.75) is 18.1 Å². The Kier molecular flexibility index (Phi) is 4.36. The molecule has 0 radical (unpaired) electrons. The van der Waals surface area contributed by atoms with E-state index in [1.54, 1.807) is 5.38 Å². The van der Waals surface area contributed by atoms with Crippen LogP contribution in [0.4, 0.5) is 5.69 Å². The molecule has 2 aromatic heterocycles. The first-order valence-corrected chi connectivity index (χ1v) is 9.58. The number of nitrogens with zero attached hydrogens (tertiary/aromatic N) is 1. The van der Waals surface area contributed by atoms with Gasteiger partial charge in [0.1, 0.15) is 4.21 Å². The molecule has 25 heavy (non-hydrogen) atoms. The summed E-state index contributed by atoms with van der Waals surface area (Å²) < 4.78 is 32.9. The maximum absolute atomic E-state index is 12.5. The van der Waals surface area contributed by atoms with Gasteiger partial charge in [-0.05, 0) is 44.2 Å². The number of nitrogens with two attached hydrogens (primary N) is 1. The fourth-order valence-electron chi connectivity index (χ4n) is 2.17. The second kappa shape index (κ2) is 6.34. The molecule has 130 valence electrons. The summed E-state index contributed by atoms with van der Waals surface area (Å²) in [5.41, 5.74) is 8.10. The lowest BCUT2D eigenvalue weighted by Crippen LogP contribution is -2.13. The van der Waals surface area contributed by atoms with Gasteiger partial charge in [0.15, 0.2) is 5.76 Å². The van der Waals surface area contributed by atoms with Crippen LogP contribution in [0.2, 0.25) is 0 Å². The van der Waals surface area contributed by atoms with Crippen molar-refractivity contribution in [1.29, 1.82) is 0 Å². The number of benzene rings is 1. The van der Waals surface area contributed by atoms with E-state index in [2.05, 4.69) is 9.88 Å². The van der Waals surface area contributed by atoms with E-state index in [1.807, 2.05) is 13.8 Å². The number of nitrogens with one attached hydrogen (secondary N) is 1. The second-order valence-corrected chi connectivity index (χ2v) is 8.24. The number of carbonyl (C=O) groups is 1. The van der Waals surface area contributed by atoms with Gasteiger partial charge in [0, 0.05) is 27.8 Å². The Labute approximate surface area is 148 Å². The zero-order chi connectivity index (χ0) is 18.2. The number of thiophene rings is 1. The summed E-state index contributed by atoms with van der Waals surface area (Å²) in [7, 11) is -3.75. The normalized spacial score (nSPS) is 11.4. The number of amides is 1. The summed E-state index contributed by atoms with van der Waals surface area (Å²) in [4.78, 5) is 11.1. The third-order valence-corrected chi connectivity index (χ3v) is 6.50. The molecule has 7 nitrogen and oxygen atoms in total. The molecule has 0 bridgehead atoms. The molecule has 0 saturated carbocycles. The van der Waals surface area contributed by atoms with Crippen LogP contribution < -0.4 is 10.5 Å². The largest absolute Gasteiger partial charge is 0.366 e. The molecule has 3 aromatic rings. The zero-order valence-electron chi connectivity index (χ0n) is 13.4. The number of hydrogen-bond donors (Lipinski definition) is 2. The zero-order valence-corrected chi connectivity index (χ0v) is 15.1. The molecule has 0 saturated heterocycles. The molecule has 0 aliphatic heterocycles. The second-order valence-electron chi connectivity index (χ2n) is 5.42. The van der Waals surface area contributed by atoms with Crippen LogP contribution in [0.3, 0.4) is 0 Å². The maximum Gasteiger partial charge on any atom is 0.271 e. The molecule has 2 heterocycles. The SMILES string of the molecule is Cc1noc(-c2csc(S(=O)(=O)Nc3ccc(C(N)=O)cc3)c2)c1C. The van der Waals surface area contributed by atoms with E-state index in [4.69, 9.17) is 10.3 Å². The molecule has 0 atom stereocenters. The van der Waals surface area contributed by atoms with Gasteiger partial charge in [-0.3, -0.25) is 9.52 Å². The lowest BCUT2D eigenvalue weighted by molar-refractivity contribution is 0.100. The van der Waals surface area contributed by atoms with Gasteiger partial charge in [-0.25, -0.2) is 8.42 Å². The van der Waals surface area contributed by atoms with Crippen molar-refractivity contribution in [3.8, 4) is 11.3 Å². The van der Waals surface area contributed by atoms with E-state index in [-0.39, 0.29) is 4.21 Å². The first-order chi connectivity index (χ1) is 11.8. The smallest absolute Gasteiger partial charge is 0.271 e. The van der Waals surface area contributed by atoms with Crippen molar-refractivity contribution in [3.05, 3.63) is 52.5 Å². The van der Waals surface area contributed by atoms with E-state index >= 15 is 0 Å². The van der Waals surface area contributed by atoms with Crippen LogP contribution in [-0.4, -0.2) is 19.5 Å². The van der Waals surface area contributed by atoms with Crippen LogP contribution >= 0.6 is 11.3 Å². The van der Waals surface area contributed by atoms with E-state index in [1.165, 1.54) is 30.3 Å². The summed E-state index contributed by atoms with van der Waals surface area (Å²) in [6.07, 6.45) is 0. The molecular weight excluding hydrogens is 362 g/mol. The Balaban J connectivity index is 1.85. The van der Waals surface area contributed by atoms with Gasteiger partial charge in [-0.1, -0.05) is 5.16 Å². The van der Waals surface area contributed by atoms with Gasteiger partial charge in [-0.15, -0.1) is 11.3 Å². The number of aromatic nitrogens is 1. The average molecular weight is 377 g/mol. The minimum atomic E-state index is -3.75. The Morgan fingerprint density at radius 1 is 1.24 bits per heavy atom. The highest BCUT2D eigenvalue weighted by Crippen LogP contribution is 2.32. The molecule has 9 heteroatoms. The number of rotatable bonds is 5. The monoisotopic (exact) mass is 377 g/mol. The van der Waals surface area contributed by atoms with Crippen LogP contribution in [-0.2, 0) is 10.0 Å². The van der Waals surface area contributed by atoms with Crippen LogP contribution in [0.1, 0.15) is 21.6 Å². The van der Waals surface area contributed by atoms with Gasteiger partial charge in [0.05, 0.1) is 5.69 Å². The third-order valence-electron chi connectivity index (χ3n) is 3.68. The molecule has 0 fully saturated rings. The Bertz CT molecular complexity index is 1030. The molecule has 3 rings (SSSR count). The third kappa shape index (κ3) is 3.42. The molecule has 3 N–H and O–H groups in total. The standard InChI is InChI=1S/C16H15N3O4S2/c1-9-10(2)18-23-15(9)12-7-14(24-8-12)25(21,22)19-13-5-3-11(4-6-13)16(17)20/h3-8,19H,1-2H3,(H2,17,20). The number of hydrogen-bond acceptors (Lipinski definition) is 6. The van der Waals surface area contributed by atoms with Crippen LogP contribution in [0.25, 0.3) is 11.3 Å². The Hall–Kier alpha value is -2.65. The lowest BCUT2D eigenvalue weighted by atomic mass is 10.1. The van der Waals surface area contributed by atoms with Crippen molar-refractivity contribution in [3.63, 3.8) is 0 Å². The maximum atomic E-state index is 12.5. The highest BCUT2D eigenvalue weighted by Gasteiger charge is 2.20. The van der Waals surface area contributed by atoms with E-state index < -0.39 is 15.9 Å². The first kappa shape index (κ1) is 17.2. The molecule has 1 aromatic carbocycles. The van der Waals surface area contributed by atoms with Gasteiger partial charge in [-0.2, -0.15) is 0 Å². The van der Waals surface area contributed by atoms with Crippen molar-refractivity contribution in [2.75, 3.05) is 4.72 Å². The van der Waals surface area contributed by atoms with Crippen LogP contribution in [0, 0.1) is 13.8 Å². The minimum absolute atomic E-state index is 0.148. The number of aryl methyl sites for hydroxylation is 1. The van der Waals surface area contributed by atoms with Crippen molar-refractivity contribution >= 4 is 33.0 Å². The summed E-state index contributed by atoms with van der Waals surface area (Å²) in [5, 5.41) is 5.59. The first-order valence-electron chi connectivity index (χ1n) is 7.22. The van der Waals surface area contributed by atoms with E-state index in [9.17, 15) is 13.2 Å². The minimum Gasteiger partial charge on any atom is -0.366 e. The molecule has 0 spiro atoms. The van der Waals surface area contributed by atoms with Gasteiger partial charge in [0.25, 0.3) is 10.0 Å². The molecule has 0 aliphatic rings. The number of carbonyl (C=O) groups excluding carboxylic acids is 1. The van der Waals surface area contributed by atoms with Crippen molar-refractivity contribution < 1.29 is 17.7 Å². The Morgan fingerprint density at radius 3 is 2.48 bits per heavy atom. The highest BCUT2D eigenvalue weighted by atomic mass is 32.2.